The van der Waals surface area contributed by atoms with Crippen molar-refractivity contribution < 1.29 is 0 Å². The Kier molecular flexibility index (Phi) is 2.44. The Morgan fingerprint density at radius 2 is 0.765 bits per heavy atom. The van der Waals surface area contributed by atoms with E-state index in [1.165, 1.54) is 70.2 Å². The van der Waals surface area contributed by atoms with Crippen molar-refractivity contribution in [3.63, 3.8) is 0 Å². The number of halogens is 1. The number of hydrogen-bond acceptors (Lipinski definition) is 0. The molecule has 34 heavy (non-hydrogen) atoms. The molecule has 1 saturated carbocycles. The zero-order chi connectivity index (χ0) is 22.0. The van der Waals surface area contributed by atoms with Crippen LogP contribution in [0.3, 0.4) is 0 Å². The summed E-state index contributed by atoms with van der Waals surface area (Å²) in [4.78, 5) is 0. The molecule has 4 aliphatic carbocycles. The van der Waals surface area contributed by atoms with Crippen LogP contribution in [0.15, 0.2) is 108 Å². The van der Waals surface area contributed by atoms with Gasteiger partial charge in [0.2, 0.25) is 0 Å². The maximum Gasteiger partial charge on any atom is 0.0526 e. The zero-order valence-electron chi connectivity index (χ0n) is 18.2. The first-order valence-corrected chi connectivity index (χ1v) is 12.9. The monoisotopic (exact) mass is 492 g/mol. The van der Waals surface area contributed by atoms with Crippen molar-refractivity contribution in [2.45, 2.75) is 16.2 Å². The zero-order valence-corrected chi connectivity index (χ0v) is 19.8. The molecule has 0 aromatic heterocycles. The summed E-state index contributed by atoms with van der Waals surface area (Å²) in [6, 6.07) is 39.6. The Balaban J connectivity index is 1.57. The molecule has 156 valence electrons. The van der Waals surface area contributed by atoms with Crippen molar-refractivity contribution in [1.29, 1.82) is 0 Å². The number of hydrogen-bond donors (Lipinski definition) is 0. The Morgan fingerprint density at radius 1 is 0.382 bits per heavy atom. The molecule has 6 aromatic rings. The van der Waals surface area contributed by atoms with Gasteiger partial charge in [0.25, 0.3) is 0 Å². The number of benzene rings is 6. The highest BCUT2D eigenvalue weighted by Crippen LogP contribution is 2.95. The van der Waals surface area contributed by atoms with Crippen molar-refractivity contribution in [3.05, 3.63) is 141 Å². The summed E-state index contributed by atoms with van der Waals surface area (Å²) in [7, 11) is 0. The van der Waals surface area contributed by atoms with Gasteiger partial charge in [-0.3, -0.25) is 0 Å². The van der Waals surface area contributed by atoms with Gasteiger partial charge in [-0.25, -0.2) is 0 Å². The molecule has 3 atom stereocenters. The lowest BCUT2D eigenvalue weighted by Gasteiger charge is -2.25. The minimum atomic E-state index is -0.117. The van der Waals surface area contributed by atoms with E-state index in [1.54, 1.807) is 0 Å². The molecule has 3 unspecified atom stereocenters. The van der Waals surface area contributed by atoms with E-state index in [4.69, 9.17) is 0 Å². The van der Waals surface area contributed by atoms with Crippen LogP contribution in [0.2, 0.25) is 0 Å². The summed E-state index contributed by atoms with van der Waals surface area (Å²) in [6.45, 7) is 0. The van der Waals surface area contributed by atoms with E-state index < -0.39 is 0 Å². The van der Waals surface area contributed by atoms with Gasteiger partial charge < -0.3 is 0 Å². The second kappa shape index (κ2) is 4.85. The van der Waals surface area contributed by atoms with E-state index in [-0.39, 0.29) is 16.2 Å². The summed E-state index contributed by atoms with van der Waals surface area (Å²) < 4.78 is 1.24. The summed E-state index contributed by atoms with van der Waals surface area (Å²) in [5.74, 6) is 0. The lowest BCUT2D eigenvalue weighted by Crippen LogP contribution is -2.21. The highest BCUT2D eigenvalue weighted by molar-refractivity contribution is 9.10. The Morgan fingerprint density at radius 3 is 1.24 bits per heavy atom. The van der Waals surface area contributed by atoms with Gasteiger partial charge in [0.15, 0.2) is 0 Å². The molecule has 0 bridgehead atoms. The van der Waals surface area contributed by atoms with Crippen LogP contribution in [0, 0.1) is 0 Å². The van der Waals surface area contributed by atoms with Crippen LogP contribution in [0.4, 0.5) is 0 Å². The van der Waals surface area contributed by atoms with E-state index in [2.05, 4.69) is 119 Å². The van der Waals surface area contributed by atoms with E-state index in [0.29, 0.717) is 0 Å². The maximum atomic E-state index is 4.08. The molecule has 0 nitrogen and oxygen atoms in total. The van der Waals surface area contributed by atoms with Crippen LogP contribution >= 0.6 is 15.9 Å². The molecule has 10 rings (SSSR count). The molecular weight excluding hydrogens is 476 g/mol. The second-order valence-electron chi connectivity index (χ2n) is 10.5. The van der Waals surface area contributed by atoms with Gasteiger partial charge in [-0.1, -0.05) is 113 Å². The van der Waals surface area contributed by atoms with Crippen LogP contribution in [0.25, 0.3) is 32.3 Å². The summed E-state index contributed by atoms with van der Waals surface area (Å²) in [6.07, 6.45) is 0. The predicted octanol–water partition coefficient (Wildman–Crippen LogP) is 8.12. The highest BCUT2D eigenvalue weighted by Gasteiger charge is 2.96. The molecule has 0 saturated heterocycles. The largest absolute Gasteiger partial charge is 0.0613 e. The van der Waals surface area contributed by atoms with E-state index in [9.17, 15) is 0 Å². The fourth-order valence-electron chi connectivity index (χ4n) is 9.35. The minimum absolute atomic E-state index is 0.0997. The molecule has 1 fully saturated rings. The molecule has 0 radical (unpaired) electrons. The van der Waals surface area contributed by atoms with E-state index in [0.717, 1.165) is 0 Å². The fraction of sp³-hybridized carbons (Fsp3) is 0.0909. The molecule has 0 heterocycles. The summed E-state index contributed by atoms with van der Waals surface area (Å²) in [5.41, 5.74) is 8.75. The SMILES string of the molecule is Brc1ccc2cccc3c2c1C12c4cccc5cccc(c45)C14c1cccc5cccc(c15)C342. The predicted molar refractivity (Wildman–Crippen MR) is 142 cm³/mol. The van der Waals surface area contributed by atoms with Crippen LogP contribution in [0.5, 0.6) is 0 Å². The number of rotatable bonds is 0. The Bertz CT molecular complexity index is 1930. The van der Waals surface area contributed by atoms with Crippen LogP contribution in [0.1, 0.15) is 33.4 Å². The van der Waals surface area contributed by atoms with Gasteiger partial charge in [0.1, 0.15) is 0 Å². The van der Waals surface area contributed by atoms with Crippen LogP contribution in [-0.4, -0.2) is 0 Å². The third kappa shape index (κ3) is 1.24. The van der Waals surface area contributed by atoms with Gasteiger partial charge in [0, 0.05) is 4.47 Å². The van der Waals surface area contributed by atoms with Gasteiger partial charge in [0.05, 0.1) is 16.2 Å². The first-order valence-electron chi connectivity index (χ1n) is 12.1. The third-order valence-electron chi connectivity index (χ3n) is 9.82. The van der Waals surface area contributed by atoms with E-state index >= 15 is 0 Å². The topological polar surface area (TPSA) is 0 Å². The van der Waals surface area contributed by atoms with Gasteiger partial charge >= 0.3 is 0 Å². The fourth-order valence-corrected chi connectivity index (χ4v) is 9.98. The van der Waals surface area contributed by atoms with Crippen molar-refractivity contribution >= 4 is 48.2 Å². The minimum Gasteiger partial charge on any atom is -0.0613 e. The summed E-state index contributed by atoms with van der Waals surface area (Å²) in [5, 5.41) is 8.50. The highest BCUT2D eigenvalue weighted by atomic mass is 79.9. The maximum absolute atomic E-state index is 4.08. The molecule has 1 heteroatoms. The molecule has 3 spiro atoms. The van der Waals surface area contributed by atoms with E-state index in [1.807, 2.05) is 0 Å². The van der Waals surface area contributed by atoms with Gasteiger partial charge in [-0.15, -0.1) is 0 Å². The Labute approximate surface area is 205 Å². The first-order chi connectivity index (χ1) is 16.8. The van der Waals surface area contributed by atoms with Crippen molar-refractivity contribution in [2.75, 3.05) is 0 Å². The summed E-state index contributed by atoms with van der Waals surface area (Å²) >= 11 is 4.08. The molecule has 4 aliphatic rings. The Hall–Kier alpha value is -3.42. The average molecular weight is 493 g/mol. The lowest BCUT2D eigenvalue weighted by atomic mass is 9.77. The standard InChI is InChI=1S/C33H17Br/c34-26-17-16-20-10-5-15-25-29(20)30(26)33-24-14-4-9-19-8-3-13-23(28(19)24)31(33)21-11-1-6-18-7-2-12-22(27(18)21)32(25,31)33/h1-17H. The molecule has 0 N–H and O–H groups in total. The molecule has 0 aliphatic heterocycles. The second-order valence-corrected chi connectivity index (χ2v) is 11.3. The van der Waals surface area contributed by atoms with Gasteiger partial charge in [-0.2, -0.15) is 0 Å². The quantitative estimate of drug-likeness (QED) is 0.201. The molecule has 6 aromatic carbocycles. The van der Waals surface area contributed by atoms with Crippen molar-refractivity contribution in [3.8, 4) is 0 Å². The van der Waals surface area contributed by atoms with Crippen molar-refractivity contribution in [2.24, 2.45) is 0 Å². The van der Waals surface area contributed by atoms with Crippen LogP contribution in [-0.2, 0) is 16.2 Å². The molecular formula is C33H17Br. The normalized spacial score (nSPS) is 27.9. The first kappa shape index (κ1) is 17.1. The smallest absolute Gasteiger partial charge is 0.0526 e. The molecule has 0 amide bonds. The van der Waals surface area contributed by atoms with Crippen LogP contribution < -0.4 is 0 Å². The van der Waals surface area contributed by atoms with Gasteiger partial charge in [-0.05, 0) is 71.8 Å². The average Bonchev–Trinajstić information content (AvgIpc) is 3.05. The van der Waals surface area contributed by atoms with Crippen molar-refractivity contribution in [1.82, 2.24) is 0 Å². The third-order valence-corrected chi connectivity index (χ3v) is 10.5. The lowest BCUT2D eigenvalue weighted by molar-refractivity contribution is 0.732.